The highest BCUT2D eigenvalue weighted by molar-refractivity contribution is 6.29. The molecule has 1 N–H and O–H groups in total. The zero-order valence-electron chi connectivity index (χ0n) is 13.6. The van der Waals surface area contributed by atoms with Crippen molar-refractivity contribution in [1.82, 2.24) is 10.5 Å². The number of aryl methyl sites for hydroxylation is 2. The van der Waals surface area contributed by atoms with Crippen molar-refractivity contribution in [1.29, 1.82) is 0 Å². The number of nitrogens with one attached hydrogen (secondary N) is 1. The van der Waals surface area contributed by atoms with Crippen LogP contribution < -0.4 is 10.1 Å². The highest BCUT2D eigenvalue weighted by Crippen LogP contribution is 2.20. The summed E-state index contributed by atoms with van der Waals surface area (Å²) in [5.74, 6) is 0.781. The number of carbonyl (C=O) groups is 1. The summed E-state index contributed by atoms with van der Waals surface area (Å²) in [6.45, 7) is 6.13. The SMILES string of the molecule is Cc1ccccc1OCC(C)NC(=O)CCc1c(C)noc1Cl. The van der Waals surface area contributed by atoms with E-state index in [0.29, 0.717) is 19.4 Å². The summed E-state index contributed by atoms with van der Waals surface area (Å²) >= 11 is 5.89. The summed E-state index contributed by atoms with van der Waals surface area (Å²) in [5.41, 5.74) is 2.58. The second-order valence-corrected chi connectivity index (χ2v) is 5.91. The molecular weight excluding hydrogens is 316 g/mol. The number of halogens is 1. The Morgan fingerprint density at radius 2 is 2.13 bits per heavy atom. The third-order valence-electron chi connectivity index (χ3n) is 3.53. The third-order valence-corrected chi connectivity index (χ3v) is 3.83. The Balaban J connectivity index is 1.75. The molecule has 0 saturated carbocycles. The van der Waals surface area contributed by atoms with Gasteiger partial charge in [-0.25, -0.2) is 0 Å². The quantitative estimate of drug-likeness (QED) is 0.841. The van der Waals surface area contributed by atoms with Crippen LogP contribution in [0.5, 0.6) is 5.75 Å². The molecule has 1 aromatic heterocycles. The molecule has 0 aliphatic carbocycles. The molecule has 2 aromatic rings. The fraction of sp³-hybridized carbons (Fsp3) is 0.412. The van der Waals surface area contributed by atoms with Gasteiger partial charge in [0.15, 0.2) is 0 Å². The Kier molecular flexibility index (Phi) is 6.04. The number of hydrogen-bond acceptors (Lipinski definition) is 4. The number of rotatable bonds is 7. The van der Waals surface area contributed by atoms with Crippen LogP contribution in [0.25, 0.3) is 0 Å². The second-order valence-electron chi connectivity index (χ2n) is 5.57. The molecule has 1 heterocycles. The molecule has 0 aliphatic heterocycles. The van der Waals surface area contributed by atoms with Crippen LogP contribution in [0.2, 0.25) is 5.22 Å². The summed E-state index contributed by atoms with van der Waals surface area (Å²) in [6.07, 6.45) is 0.835. The fourth-order valence-electron chi connectivity index (χ4n) is 2.20. The lowest BCUT2D eigenvalue weighted by molar-refractivity contribution is -0.121. The first-order valence-electron chi connectivity index (χ1n) is 7.55. The van der Waals surface area contributed by atoms with Gasteiger partial charge in [0, 0.05) is 12.0 Å². The van der Waals surface area contributed by atoms with E-state index in [9.17, 15) is 4.79 Å². The number of nitrogens with zero attached hydrogens (tertiary/aromatic N) is 1. The fourth-order valence-corrected chi connectivity index (χ4v) is 2.47. The molecular formula is C17H21ClN2O3. The lowest BCUT2D eigenvalue weighted by atomic mass is 10.1. The second kappa shape index (κ2) is 8.02. The van der Waals surface area contributed by atoms with Gasteiger partial charge in [-0.1, -0.05) is 23.4 Å². The standard InChI is InChI=1S/C17H21ClN2O3/c1-11-6-4-5-7-15(11)22-10-12(2)19-16(21)9-8-14-13(3)20-23-17(14)18/h4-7,12H,8-10H2,1-3H3,(H,19,21). The van der Waals surface area contributed by atoms with Crippen molar-refractivity contribution >= 4 is 17.5 Å². The zero-order valence-corrected chi connectivity index (χ0v) is 14.3. The number of ether oxygens (including phenoxy) is 1. The van der Waals surface area contributed by atoms with E-state index >= 15 is 0 Å². The third kappa shape index (κ3) is 4.99. The van der Waals surface area contributed by atoms with Crippen LogP contribution in [0, 0.1) is 13.8 Å². The van der Waals surface area contributed by atoms with E-state index in [1.54, 1.807) is 6.92 Å². The molecule has 0 radical (unpaired) electrons. The van der Waals surface area contributed by atoms with Crippen LogP contribution in [-0.4, -0.2) is 23.7 Å². The average Bonchev–Trinajstić information content (AvgIpc) is 2.83. The van der Waals surface area contributed by atoms with E-state index < -0.39 is 0 Å². The van der Waals surface area contributed by atoms with Crippen molar-refractivity contribution in [2.75, 3.05) is 6.61 Å². The number of hydrogen-bond donors (Lipinski definition) is 1. The predicted molar refractivity (Wildman–Crippen MR) is 88.8 cm³/mol. The molecule has 1 aromatic carbocycles. The van der Waals surface area contributed by atoms with Crippen molar-refractivity contribution in [2.45, 2.75) is 39.7 Å². The monoisotopic (exact) mass is 336 g/mol. The molecule has 23 heavy (non-hydrogen) atoms. The predicted octanol–water partition coefficient (Wildman–Crippen LogP) is 3.46. The molecule has 1 atom stereocenters. The molecule has 0 saturated heterocycles. The Morgan fingerprint density at radius 3 is 2.78 bits per heavy atom. The van der Waals surface area contributed by atoms with Crippen molar-refractivity contribution in [3.63, 3.8) is 0 Å². The summed E-state index contributed by atoms with van der Waals surface area (Å²) in [5, 5.41) is 6.94. The minimum atomic E-state index is -0.0823. The van der Waals surface area contributed by atoms with Crippen LogP contribution in [0.15, 0.2) is 28.8 Å². The minimum Gasteiger partial charge on any atom is -0.491 e. The lowest BCUT2D eigenvalue weighted by Gasteiger charge is -2.16. The van der Waals surface area contributed by atoms with Gasteiger partial charge in [-0.3, -0.25) is 4.79 Å². The lowest BCUT2D eigenvalue weighted by Crippen LogP contribution is -2.36. The van der Waals surface area contributed by atoms with Crippen molar-refractivity contribution in [3.05, 3.63) is 46.3 Å². The number of carbonyl (C=O) groups excluding carboxylic acids is 1. The highest BCUT2D eigenvalue weighted by Gasteiger charge is 2.14. The molecule has 0 aliphatic rings. The van der Waals surface area contributed by atoms with Crippen LogP contribution >= 0.6 is 11.6 Å². The van der Waals surface area contributed by atoms with Gasteiger partial charge in [0.2, 0.25) is 11.1 Å². The molecule has 0 spiro atoms. The smallest absolute Gasteiger partial charge is 0.229 e. The molecule has 1 amide bonds. The van der Waals surface area contributed by atoms with Crippen LogP contribution in [-0.2, 0) is 11.2 Å². The Morgan fingerprint density at radius 1 is 1.39 bits per heavy atom. The van der Waals surface area contributed by atoms with Crippen LogP contribution in [0.3, 0.4) is 0 Å². The minimum absolute atomic E-state index is 0.0532. The van der Waals surface area contributed by atoms with E-state index in [0.717, 1.165) is 22.6 Å². The Bertz CT molecular complexity index is 650. The first-order valence-corrected chi connectivity index (χ1v) is 7.93. The first kappa shape index (κ1) is 17.3. The van der Waals surface area contributed by atoms with Gasteiger partial charge in [-0.15, -0.1) is 0 Å². The molecule has 6 heteroatoms. The summed E-state index contributed by atoms with van der Waals surface area (Å²) < 4.78 is 10.6. The van der Waals surface area contributed by atoms with E-state index in [2.05, 4.69) is 10.5 Å². The number of benzene rings is 1. The number of para-hydroxylation sites is 1. The van der Waals surface area contributed by atoms with Crippen LogP contribution in [0.1, 0.15) is 30.2 Å². The van der Waals surface area contributed by atoms with E-state index in [-0.39, 0.29) is 17.2 Å². The van der Waals surface area contributed by atoms with E-state index in [4.69, 9.17) is 20.9 Å². The zero-order chi connectivity index (χ0) is 16.8. The molecule has 124 valence electrons. The maximum absolute atomic E-state index is 12.0. The molecule has 0 fully saturated rings. The van der Waals surface area contributed by atoms with Gasteiger partial charge in [-0.2, -0.15) is 0 Å². The largest absolute Gasteiger partial charge is 0.491 e. The summed E-state index contributed by atoms with van der Waals surface area (Å²) in [6, 6.07) is 7.72. The van der Waals surface area contributed by atoms with Gasteiger partial charge in [0.25, 0.3) is 0 Å². The average molecular weight is 337 g/mol. The number of amides is 1. The summed E-state index contributed by atoms with van der Waals surface area (Å²) in [4.78, 5) is 12.0. The Hall–Kier alpha value is -2.01. The van der Waals surface area contributed by atoms with Crippen molar-refractivity contribution in [2.24, 2.45) is 0 Å². The van der Waals surface area contributed by atoms with Gasteiger partial charge in [-0.05, 0) is 50.4 Å². The molecule has 5 nitrogen and oxygen atoms in total. The van der Waals surface area contributed by atoms with E-state index in [1.165, 1.54) is 0 Å². The van der Waals surface area contributed by atoms with Gasteiger partial charge in [0.1, 0.15) is 12.4 Å². The van der Waals surface area contributed by atoms with Crippen molar-refractivity contribution < 1.29 is 14.1 Å². The highest BCUT2D eigenvalue weighted by atomic mass is 35.5. The normalized spacial score (nSPS) is 12.0. The van der Waals surface area contributed by atoms with Gasteiger partial charge in [0.05, 0.1) is 11.7 Å². The summed E-state index contributed by atoms with van der Waals surface area (Å²) in [7, 11) is 0. The molecule has 1 unspecified atom stereocenters. The van der Waals surface area contributed by atoms with Crippen molar-refractivity contribution in [3.8, 4) is 5.75 Å². The van der Waals surface area contributed by atoms with Gasteiger partial charge < -0.3 is 14.6 Å². The van der Waals surface area contributed by atoms with Crippen LogP contribution in [0.4, 0.5) is 0 Å². The topological polar surface area (TPSA) is 64.4 Å². The first-order chi connectivity index (χ1) is 11.0. The van der Waals surface area contributed by atoms with Gasteiger partial charge >= 0.3 is 0 Å². The Labute approximate surface area is 141 Å². The molecule has 2 rings (SSSR count). The maximum atomic E-state index is 12.0. The van der Waals surface area contributed by atoms with E-state index in [1.807, 2.05) is 38.1 Å². The number of aromatic nitrogens is 1. The maximum Gasteiger partial charge on any atom is 0.229 e. The molecule has 0 bridgehead atoms.